The first-order valence-electron chi connectivity index (χ1n) is 7.94. The number of carbonyl (C=O) groups excluding carboxylic acids is 2. The van der Waals surface area contributed by atoms with Gasteiger partial charge in [-0.25, -0.2) is 14.5 Å². The molecular formula is C19H16N2O6. The molecule has 0 aromatic heterocycles. The third kappa shape index (κ3) is 3.90. The predicted octanol–water partition coefficient (Wildman–Crippen LogP) is 2.26. The van der Waals surface area contributed by atoms with Gasteiger partial charge in [0, 0.05) is 0 Å². The van der Waals surface area contributed by atoms with E-state index in [-0.39, 0.29) is 11.4 Å². The Morgan fingerprint density at radius 1 is 1.15 bits per heavy atom. The summed E-state index contributed by atoms with van der Waals surface area (Å²) in [6.07, 6.45) is 1.51. The molecule has 8 heteroatoms. The van der Waals surface area contributed by atoms with Crippen LogP contribution in [0.1, 0.15) is 5.56 Å². The Morgan fingerprint density at radius 2 is 1.89 bits per heavy atom. The minimum Gasteiger partial charge on any atom is -0.493 e. The smallest absolute Gasteiger partial charge is 0.341 e. The average Bonchev–Trinajstić information content (AvgIpc) is 2.94. The molecule has 1 saturated heterocycles. The summed E-state index contributed by atoms with van der Waals surface area (Å²) < 4.78 is 10.3. The second-order valence-corrected chi connectivity index (χ2v) is 5.56. The molecule has 0 radical (unpaired) electrons. The van der Waals surface area contributed by atoms with Crippen LogP contribution < -0.4 is 19.7 Å². The minimum atomic E-state index is -1.11. The molecule has 0 bridgehead atoms. The number of hydrogen-bond acceptors (Lipinski definition) is 5. The van der Waals surface area contributed by atoms with Gasteiger partial charge in [-0.1, -0.05) is 24.3 Å². The maximum absolute atomic E-state index is 12.6. The Kier molecular flexibility index (Phi) is 5.07. The predicted molar refractivity (Wildman–Crippen MR) is 96.6 cm³/mol. The molecule has 0 saturated carbocycles. The zero-order chi connectivity index (χ0) is 19.4. The largest absolute Gasteiger partial charge is 0.493 e. The average molecular weight is 368 g/mol. The zero-order valence-corrected chi connectivity index (χ0v) is 14.3. The number of hydrogen-bond donors (Lipinski definition) is 2. The summed E-state index contributed by atoms with van der Waals surface area (Å²) in [7, 11) is 1.42. The molecule has 2 aromatic rings. The van der Waals surface area contributed by atoms with Crippen LogP contribution in [0.25, 0.3) is 6.08 Å². The van der Waals surface area contributed by atoms with E-state index in [1.807, 2.05) is 0 Å². The Bertz CT molecular complexity index is 923. The van der Waals surface area contributed by atoms with E-state index in [9.17, 15) is 14.4 Å². The lowest BCUT2D eigenvalue weighted by atomic mass is 10.1. The van der Waals surface area contributed by atoms with Crippen molar-refractivity contribution >= 4 is 29.7 Å². The highest BCUT2D eigenvalue weighted by molar-refractivity contribution is 6.28. The number of ether oxygens (including phenoxy) is 2. The molecule has 1 heterocycles. The molecule has 0 aliphatic carbocycles. The number of nitrogens with zero attached hydrogens (tertiary/aromatic N) is 1. The van der Waals surface area contributed by atoms with Gasteiger partial charge in [0.2, 0.25) is 0 Å². The summed E-state index contributed by atoms with van der Waals surface area (Å²) in [4.78, 5) is 36.4. The second-order valence-electron chi connectivity index (χ2n) is 5.56. The van der Waals surface area contributed by atoms with E-state index in [0.29, 0.717) is 17.0 Å². The van der Waals surface area contributed by atoms with Crippen molar-refractivity contribution in [1.29, 1.82) is 0 Å². The van der Waals surface area contributed by atoms with Crippen molar-refractivity contribution in [3.8, 4) is 11.5 Å². The van der Waals surface area contributed by atoms with E-state index in [1.54, 1.807) is 42.5 Å². The number of carboxylic acid groups (broad SMARTS) is 1. The van der Waals surface area contributed by atoms with Crippen LogP contribution in [-0.2, 0) is 9.59 Å². The fourth-order valence-corrected chi connectivity index (χ4v) is 2.55. The maximum Gasteiger partial charge on any atom is 0.341 e. The van der Waals surface area contributed by atoms with E-state index in [1.165, 1.54) is 19.3 Å². The molecule has 27 heavy (non-hydrogen) atoms. The minimum absolute atomic E-state index is 0.116. The highest BCUT2D eigenvalue weighted by Gasteiger charge is 2.34. The lowest BCUT2D eigenvalue weighted by Gasteiger charge is -2.11. The van der Waals surface area contributed by atoms with Crippen LogP contribution >= 0.6 is 0 Å². The lowest BCUT2D eigenvalue weighted by Crippen LogP contribution is -2.30. The Hall–Kier alpha value is -3.81. The standard InChI is InChI=1S/C19H16N2O6/c1-26-16-10-12(7-8-15(16)27-11-17(22)23)9-14-18(24)21(19(25)20-14)13-5-3-2-4-6-13/h2-10H,11H2,1H3,(H,20,25)(H,22,23). The number of carbonyl (C=O) groups is 3. The van der Waals surface area contributed by atoms with Gasteiger partial charge >= 0.3 is 12.0 Å². The number of rotatable bonds is 6. The van der Waals surface area contributed by atoms with E-state index < -0.39 is 24.5 Å². The van der Waals surface area contributed by atoms with E-state index in [4.69, 9.17) is 14.6 Å². The quantitative estimate of drug-likeness (QED) is 0.599. The first-order chi connectivity index (χ1) is 13.0. The van der Waals surface area contributed by atoms with Crippen LogP contribution in [0, 0.1) is 0 Å². The monoisotopic (exact) mass is 368 g/mol. The third-order valence-electron chi connectivity index (χ3n) is 3.74. The van der Waals surface area contributed by atoms with Crippen molar-refractivity contribution in [2.24, 2.45) is 0 Å². The molecule has 2 aromatic carbocycles. The number of methoxy groups -OCH3 is 1. The van der Waals surface area contributed by atoms with Gasteiger partial charge in [0.15, 0.2) is 18.1 Å². The van der Waals surface area contributed by atoms with E-state index in [2.05, 4.69) is 5.32 Å². The lowest BCUT2D eigenvalue weighted by molar-refractivity contribution is -0.139. The van der Waals surface area contributed by atoms with E-state index >= 15 is 0 Å². The first kappa shape index (κ1) is 18.0. The van der Waals surface area contributed by atoms with Gasteiger partial charge in [-0.2, -0.15) is 0 Å². The van der Waals surface area contributed by atoms with Crippen LogP contribution in [0.2, 0.25) is 0 Å². The molecule has 0 atom stereocenters. The molecule has 2 N–H and O–H groups in total. The van der Waals surface area contributed by atoms with Crippen LogP contribution in [0.3, 0.4) is 0 Å². The number of para-hydroxylation sites is 1. The van der Waals surface area contributed by atoms with Gasteiger partial charge in [-0.05, 0) is 35.9 Å². The van der Waals surface area contributed by atoms with Gasteiger partial charge in [0.25, 0.3) is 5.91 Å². The summed E-state index contributed by atoms with van der Waals surface area (Å²) in [5, 5.41) is 11.2. The van der Waals surface area contributed by atoms with Crippen LogP contribution in [0.15, 0.2) is 54.2 Å². The normalized spacial score (nSPS) is 15.0. The number of benzene rings is 2. The maximum atomic E-state index is 12.6. The summed E-state index contributed by atoms with van der Waals surface area (Å²) >= 11 is 0. The second kappa shape index (κ2) is 7.61. The summed E-state index contributed by atoms with van der Waals surface area (Å²) in [5.41, 5.74) is 1.16. The highest BCUT2D eigenvalue weighted by Crippen LogP contribution is 2.29. The third-order valence-corrected chi connectivity index (χ3v) is 3.74. The Morgan fingerprint density at radius 3 is 2.56 bits per heavy atom. The number of anilines is 1. The number of aliphatic carboxylic acids is 1. The summed E-state index contributed by atoms with van der Waals surface area (Å²) in [5.74, 6) is -1.02. The van der Waals surface area contributed by atoms with Crippen molar-refractivity contribution in [3.05, 3.63) is 59.8 Å². The van der Waals surface area contributed by atoms with Gasteiger partial charge in [0.1, 0.15) is 5.70 Å². The number of amides is 3. The summed E-state index contributed by atoms with van der Waals surface area (Å²) in [6, 6.07) is 12.8. The molecule has 3 rings (SSSR count). The number of nitrogens with one attached hydrogen (secondary N) is 1. The topological polar surface area (TPSA) is 105 Å². The molecule has 1 fully saturated rings. The van der Waals surface area contributed by atoms with Crippen molar-refractivity contribution in [2.45, 2.75) is 0 Å². The number of carboxylic acids is 1. The Labute approximate surface area is 154 Å². The van der Waals surface area contributed by atoms with Crippen molar-refractivity contribution in [1.82, 2.24) is 5.32 Å². The summed E-state index contributed by atoms with van der Waals surface area (Å²) in [6.45, 7) is -0.503. The fourth-order valence-electron chi connectivity index (χ4n) is 2.55. The molecule has 1 aliphatic rings. The molecule has 3 amide bonds. The van der Waals surface area contributed by atoms with Crippen LogP contribution in [0.5, 0.6) is 11.5 Å². The van der Waals surface area contributed by atoms with Crippen LogP contribution in [-0.4, -0.2) is 36.7 Å². The number of urea groups is 1. The first-order valence-corrected chi connectivity index (χ1v) is 7.94. The Balaban J connectivity index is 1.85. The molecule has 138 valence electrons. The molecule has 0 unspecified atom stereocenters. The van der Waals surface area contributed by atoms with Gasteiger partial charge < -0.3 is 19.9 Å². The van der Waals surface area contributed by atoms with Gasteiger partial charge in [0.05, 0.1) is 12.8 Å². The number of imide groups is 1. The molecule has 1 aliphatic heterocycles. The van der Waals surface area contributed by atoms with Crippen molar-refractivity contribution in [2.75, 3.05) is 18.6 Å². The fraction of sp³-hybridized carbons (Fsp3) is 0.105. The molecular weight excluding hydrogens is 352 g/mol. The molecule has 8 nitrogen and oxygen atoms in total. The zero-order valence-electron chi connectivity index (χ0n) is 14.3. The van der Waals surface area contributed by atoms with Crippen LogP contribution in [0.4, 0.5) is 10.5 Å². The van der Waals surface area contributed by atoms with E-state index in [0.717, 1.165) is 4.90 Å². The van der Waals surface area contributed by atoms with Crippen molar-refractivity contribution in [3.63, 3.8) is 0 Å². The van der Waals surface area contributed by atoms with Gasteiger partial charge in [-0.15, -0.1) is 0 Å². The molecule has 0 spiro atoms. The SMILES string of the molecule is COc1cc(C=C2NC(=O)N(c3ccccc3)C2=O)ccc1OCC(=O)O. The van der Waals surface area contributed by atoms with Crippen molar-refractivity contribution < 1.29 is 29.0 Å². The van der Waals surface area contributed by atoms with Gasteiger partial charge in [-0.3, -0.25) is 4.79 Å². The highest BCUT2D eigenvalue weighted by atomic mass is 16.5.